The molecule has 0 radical (unpaired) electrons. The van der Waals surface area contributed by atoms with Gasteiger partial charge in [0.25, 0.3) is 6.43 Å². The van der Waals surface area contributed by atoms with Crippen LogP contribution in [-0.4, -0.2) is 19.0 Å². The summed E-state index contributed by atoms with van der Waals surface area (Å²) < 4.78 is 29.9. The maximum atomic E-state index is 12.7. The Kier molecular flexibility index (Phi) is 10.6. The molecule has 0 atom stereocenters. The molecule has 106 valence electrons. The van der Waals surface area contributed by atoms with E-state index in [0.29, 0.717) is 6.42 Å². The minimum Gasteiger partial charge on any atom is -0.463 e. The third-order valence-electron chi connectivity index (χ3n) is 2.69. The van der Waals surface area contributed by atoms with Crippen LogP contribution in [0.1, 0.15) is 58.8 Å². The summed E-state index contributed by atoms with van der Waals surface area (Å²) in [6.45, 7) is 4.00. The lowest BCUT2D eigenvalue weighted by atomic mass is 10.1. The topological polar surface area (TPSA) is 26.3 Å². The zero-order chi connectivity index (χ0) is 13.8. The summed E-state index contributed by atoms with van der Waals surface area (Å²) in [5.41, 5.74) is -0.107. The molecule has 0 fully saturated rings. The summed E-state index contributed by atoms with van der Waals surface area (Å²) >= 11 is 0. The molecule has 0 spiro atoms. The second-order valence-corrected chi connectivity index (χ2v) is 4.29. The van der Waals surface area contributed by atoms with Gasteiger partial charge in [-0.2, -0.15) is 0 Å². The molecular formula is C14H24F2O2. The Morgan fingerprint density at radius 2 is 1.72 bits per heavy atom. The molecule has 18 heavy (non-hydrogen) atoms. The maximum Gasteiger partial charge on any atom is 0.330 e. The Morgan fingerprint density at radius 1 is 1.11 bits per heavy atom. The van der Waals surface area contributed by atoms with Crippen molar-refractivity contribution in [1.29, 1.82) is 0 Å². The van der Waals surface area contributed by atoms with Crippen molar-refractivity contribution in [2.45, 2.75) is 65.2 Å². The molecule has 0 N–H and O–H groups in total. The highest BCUT2D eigenvalue weighted by atomic mass is 19.3. The van der Waals surface area contributed by atoms with Gasteiger partial charge in [0.1, 0.15) is 0 Å². The van der Waals surface area contributed by atoms with Crippen molar-refractivity contribution in [3.05, 3.63) is 11.6 Å². The number of unbranched alkanes of at least 4 members (excludes halogenated alkanes) is 5. The predicted octanol–water partition coefficient (Wildman–Crippen LogP) is 4.49. The number of halogens is 2. The van der Waals surface area contributed by atoms with Gasteiger partial charge in [-0.25, -0.2) is 13.6 Å². The van der Waals surface area contributed by atoms with Crippen molar-refractivity contribution >= 4 is 5.97 Å². The average molecular weight is 262 g/mol. The van der Waals surface area contributed by atoms with Gasteiger partial charge in [-0.05, 0) is 19.8 Å². The van der Waals surface area contributed by atoms with Gasteiger partial charge in [0.2, 0.25) is 0 Å². The van der Waals surface area contributed by atoms with E-state index in [2.05, 4.69) is 11.7 Å². The zero-order valence-corrected chi connectivity index (χ0v) is 11.4. The highest BCUT2D eigenvalue weighted by Gasteiger charge is 2.13. The van der Waals surface area contributed by atoms with Gasteiger partial charge < -0.3 is 4.74 Å². The number of carbonyl (C=O) groups is 1. The lowest BCUT2D eigenvalue weighted by Crippen LogP contribution is -2.05. The smallest absolute Gasteiger partial charge is 0.330 e. The Morgan fingerprint density at radius 3 is 2.28 bits per heavy atom. The number of rotatable bonds is 10. The van der Waals surface area contributed by atoms with Crippen LogP contribution in [-0.2, 0) is 9.53 Å². The Bertz CT molecular complexity index is 250. The van der Waals surface area contributed by atoms with Crippen LogP contribution in [0.2, 0.25) is 0 Å². The maximum absolute atomic E-state index is 12.7. The molecule has 2 nitrogen and oxygen atoms in total. The van der Waals surface area contributed by atoms with E-state index in [4.69, 9.17) is 0 Å². The largest absolute Gasteiger partial charge is 0.463 e. The van der Waals surface area contributed by atoms with Gasteiger partial charge >= 0.3 is 5.97 Å². The Balaban J connectivity index is 3.94. The highest BCUT2D eigenvalue weighted by Crippen LogP contribution is 2.18. The van der Waals surface area contributed by atoms with Crippen LogP contribution in [0.3, 0.4) is 0 Å². The molecule has 0 bridgehead atoms. The number of esters is 1. The standard InChI is InChI=1S/C14H24F2O2/c1-3-5-6-7-8-9-10-12(14(15)16)11-13(17)18-4-2/h11,14H,3-10H2,1-2H3/b12-11+. The summed E-state index contributed by atoms with van der Waals surface area (Å²) in [6, 6.07) is 0. The molecule has 0 aromatic carbocycles. The van der Waals surface area contributed by atoms with Gasteiger partial charge in [0.05, 0.1) is 6.61 Å². The van der Waals surface area contributed by atoms with Crippen molar-refractivity contribution < 1.29 is 18.3 Å². The fourth-order valence-electron chi connectivity index (χ4n) is 1.69. The van der Waals surface area contributed by atoms with E-state index in [9.17, 15) is 13.6 Å². The first-order chi connectivity index (χ1) is 8.61. The van der Waals surface area contributed by atoms with E-state index in [-0.39, 0.29) is 18.6 Å². The average Bonchev–Trinajstić information content (AvgIpc) is 2.32. The molecule has 0 heterocycles. The molecule has 0 saturated carbocycles. The third kappa shape index (κ3) is 9.14. The van der Waals surface area contributed by atoms with Gasteiger partial charge in [-0.3, -0.25) is 0 Å². The molecule has 0 aromatic heterocycles. The van der Waals surface area contributed by atoms with Crippen LogP contribution < -0.4 is 0 Å². The Labute approximate surface area is 108 Å². The monoisotopic (exact) mass is 262 g/mol. The van der Waals surface area contributed by atoms with Gasteiger partial charge in [-0.15, -0.1) is 0 Å². The normalized spacial score (nSPS) is 11.9. The van der Waals surface area contributed by atoms with E-state index in [1.807, 2.05) is 0 Å². The lowest BCUT2D eigenvalue weighted by molar-refractivity contribution is -0.137. The SMILES string of the molecule is CCCCCCCC/C(=C\C(=O)OCC)C(F)F. The van der Waals surface area contributed by atoms with Crippen LogP contribution in [0.5, 0.6) is 0 Å². The molecule has 0 rings (SSSR count). The Hall–Kier alpha value is -0.930. The van der Waals surface area contributed by atoms with Crippen molar-refractivity contribution in [2.24, 2.45) is 0 Å². The molecule has 0 aliphatic heterocycles. The molecule has 0 saturated heterocycles. The van der Waals surface area contributed by atoms with Gasteiger partial charge in [-0.1, -0.05) is 39.0 Å². The first-order valence-corrected chi connectivity index (χ1v) is 6.77. The van der Waals surface area contributed by atoms with Crippen LogP contribution >= 0.6 is 0 Å². The quantitative estimate of drug-likeness (QED) is 0.329. The second kappa shape index (κ2) is 11.2. The van der Waals surface area contributed by atoms with E-state index < -0.39 is 12.4 Å². The van der Waals surface area contributed by atoms with Crippen LogP contribution in [0.15, 0.2) is 11.6 Å². The minimum atomic E-state index is -2.56. The summed E-state index contributed by atoms with van der Waals surface area (Å²) in [6.07, 6.45) is 4.90. The van der Waals surface area contributed by atoms with Crippen molar-refractivity contribution in [3.8, 4) is 0 Å². The molecular weight excluding hydrogens is 238 g/mol. The molecule has 0 aliphatic rings. The van der Waals surface area contributed by atoms with E-state index in [1.54, 1.807) is 6.92 Å². The van der Waals surface area contributed by atoms with Crippen LogP contribution in [0, 0.1) is 0 Å². The summed E-state index contributed by atoms with van der Waals surface area (Å²) in [7, 11) is 0. The molecule has 0 amide bonds. The summed E-state index contributed by atoms with van der Waals surface area (Å²) in [5.74, 6) is -0.668. The fourth-order valence-corrected chi connectivity index (χ4v) is 1.69. The van der Waals surface area contributed by atoms with E-state index in [0.717, 1.165) is 25.3 Å². The van der Waals surface area contributed by atoms with E-state index >= 15 is 0 Å². The van der Waals surface area contributed by atoms with Crippen molar-refractivity contribution in [1.82, 2.24) is 0 Å². The molecule has 0 unspecified atom stereocenters. The molecule has 0 aromatic rings. The van der Waals surface area contributed by atoms with Crippen LogP contribution in [0.4, 0.5) is 8.78 Å². The first kappa shape index (κ1) is 17.1. The van der Waals surface area contributed by atoms with Crippen LogP contribution in [0.25, 0.3) is 0 Å². The predicted molar refractivity (Wildman–Crippen MR) is 68.7 cm³/mol. The second-order valence-electron chi connectivity index (χ2n) is 4.29. The number of alkyl halides is 2. The number of allylic oxidation sites excluding steroid dienone is 1. The van der Waals surface area contributed by atoms with Crippen molar-refractivity contribution in [2.75, 3.05) is 6.61 Å². The van der Waals surface area contributed by atoms with E-state index in [1.165, 1.54) is 12.8 Å². The third-order valence-corrected chi connectivity index (χ3v) is 2.69. The zero-order valence-electron chi connectivity index (χ0n) is 11.4. The molecule has 0 aliphatic carbocycles. The highest BCUT2D eigenvalue weighted by molar-refractivity contribution is 5.82. The number of hydrogen-bond donors (Lipinski definition) is 0. The number of ether oxygens (including phenoxy) is 1. The minimum absolute atomic E-state index is 0.107. The fraction of sp³-hybridized carbons (Fsp3) is 0.786. The first-order valence-electron chi connectivity index (χ1n) is 6.77. The van der Waals surface area contributed by atoms with Gasteiger partial charge in [0.15, 0.2) is 0 Å². The van der Waals surface area contributed by atoms with Gasteiger partial charge in [0, 0.05) is 11.6 Å². The number of carbonyl (C=O) groups excluding carboxylic acids is 1. The summed E-state index contributed by atoms with van der Waals surface area (Å²) in [5, 5.41) is 0. The van der Waals surface area contributed by atoms with Crippen molar-refractivity contribution in [3.63, 3.8) is 0 Å². The molecule has 4 heteroatoms. The number of hydrogen-bond acceptors (Lipinski definition) is 2. The summed E-state index contributed by atoms with van der Waals surface area (Å²) in [4.78, 5) is 11.1. The lowest BCUT2D eigenvalue weighted by Gasteiger charge is -2.06.